The first kappa shape index (κ1) is 22.2. The topological polar surface area (TPSA) is 58.4 Å². The molecule has 23 heavy (non-hydrogen) atoms. The second-order valence-corrected chi connectivity index (χ2v) is 6.35. The molecule has 4 nitrogen and oxygen atoms in total. The normalized spacial score (nSPS) is 20.0. The molecule has 0 saturated carbocycles. The molecule has 3 N–H and O–H groups in total. The largest absolute Gasteiger partial charge is 0.350 e. The fraction of sp³-hybridized carbons (Fsp3) is 0.588. The van der Waals surface area contributed by atoms with Crippen LogP contribution in [0.25, 0.3) is 0 Å². The van der Waals surface area contributed by atoms with E-state index in [2.05, 4.69) is 41.4 Å². The van der Waals surface area contributed by atoms with E-state index in [4.69, 9.17) is 5.73 Å². The Morgan fingerprint density at radius 2 is 2.00 bits per heavy atom. The number of nitrogens with zero attached hydrogens (tertiary/aromatic N) is 1. The van der Waals surface area contributed by atoms with Gasteiger partial charge in [0.1, 0.15) is 0 Å². The molecule has 1 heterocycles. The third-order valence-electron chi connectivity index (χ3n) is 4.14. The minimum Gasteiger partial charge on any atom is -0.350 e. The van der Waals surface area contributed by atoms with Gasteiger partial charge in [-0.05, 0) is 25.3 Å². The van der Waals surface area contributed by atoms with Crippen LogP contribution in [0.15, 0.2) is 30.3 Å². The van der Waals surface area contributed by atoms with Crippen molar-refractivity contribution in [2.24, 2.45) is 5.73 Å². The van der Waals surface area contributed by atoms with E-state index in [1.165, 1.54) is 5.56 Å². The molecule has 1 aromatic rings. The summed E-state index contributed by atoms with van der Waals surface area (Å²) in [4.78, 5) is 14.6. The number of nitrogens with two attached hydrogens (primary N) is 1. The van der Waals surface area contributed by atoms with Crippen molar-refractivity contribution < 1.29 is 4.79 Å². The Kier molecular flexibility index (Phi) is 9.78. The number of halogens is 2. The van der Waals surface area contributed by atoms with Gasteiger partial charge in [0.2, 0.25) is 5.91 Å². The third kappa shape index (κ3) is 6.68. The molecule has 1 fully saturated rings. The lowest BCUT2D eigenvalue weighted by molar-refractivity contribution is -0.126. The molecule has 2 rings (SSSR count). The Balaban J connectivity index is 0.00000242. The highest BCUT2D eigenvalue weighted by molar-refractivity contribution is 5.86. The van der Waals surface area contributed by atoms with Crippen LogP contribution in [0, 0.1) is 0 Å². The van der Waals surface area contributed by atoms with Crippen LogP contribution in [-0.2, 0) is 11.3 Å². The zero-order chi connectivity index (χ0) is 15.3. The molecule has 1 aromatic carbocycles. The van der Waals surface area contributed by atoms with E-state index in [1.807, 2.05) is 13.0 Å². The summed E-state index contributed by atoms with van der Waals surface area (Å²) < 4.78 is 0. The van der Waals surface area contributed by atoms with Gasteiger partial charge in [0.15, 0.2) is 0 Å². The van der Waals surface area contributed by atoms with E-state index in [0.29, 0.717) is 0 Å². The minimum atomic E-state index is -0.748. The highest BCUT2D eigenvalue weighted by Crippen LogP contribution is 2.15. The van der Waals surface area contributed by atoms with Gasteiger partial charge in [-0.15, -0.1) is 24.8 Å². The molecule has 132 valence electrons. The Bertz CT molecular complexity index is 468. The van der Waals surface area contributed by atoms with Crippen LogP contribution >= 0.6 is 24.8 Å². The fourth-order valence-corrected chi connectivity index (χ4v) is 2.92. The van der Waals surface area contributed by atoms with E-state index in [1.54, 1.807) is 0 Å². The van der Waals surface area contributed by atoms with Crippen molar-refractivity contribution in [2.45, 2.75) is 51.2 Å². The Morgan fingerprint density at radius 1 is 1.35 bits per heavy atom. The Hall–Kier alpha value is -0.810. The average Bonchev–Trinajstić information content (AvgIpc) is 2.87. The molecule has 2 unspecified atom stereocenters. The van der Waals surface area contributed by atoms with E-state index in [-0.39, 0.29) is 36.8 Å². The fourth-order valence-electron chi connectivity index (χ4n) is 2.92. The summed E-state index contributed by atoms with van der Waals surface area (Å²) in [7, 11) is 0. The standard InChI is InChI=1S/C17H27N3O.2ClH/c1-3-10-17(2,18)16(21)19-15-9-11-20(13-15)12-14-7-5-4-6-8-14;;/h4-8,15H,3,9-13,18H2,1-2H3,(H,19,21);2*1H. The van der Waals surface area contributed by atoms with E-state index < -0.39 is 5.54 Å². The molecular formula is C17H29Cl2N3O. The quantitative estimate of drug-likeness (QED) is 0.818. The molecule has 0 aliphatic carbocycles. The van der Waals surface area contributed by atoms with Crippen molar-refractivity contribution in [3.63, 3.8) is 0 Å². The van der Waals surface area contributed by atoms with Gasteiger partial charge in [0, 0.05) is 25.7 Å². The maximum Gasteiger partial charge on any atom is 0.240 e. The third-order valence-corrected chi connectivity index (χ3v) is 4.14. The van der Waals surface area contributed by atoms with Gasteiger partial charge in [-0.25, -0.2) is 0 Å². The summed E-state index contributed by atoms with van der Waals surface area (Å²) in [5.74, 6) is -0.0177. The van der Waals surface area contributed by atoms with Gasteiger partial charge in [-0.3, -0.25) is 9.69 Å². The highest BCUT2D eigenvalue weighted by atomic mass is 35.5. The summed E-state index contributed by atoms with van der Waals surface area (Å²) >= 11 is 0. The van der Waals surface area contributed by atoms with Crippen LogP contribution in [0.3, 0.4) is 0 Å². The number of hydrogen-bond donors (Lipinski definition) is 2. The van der Waals surface area contributed by atoms with Gasteiger partial charge in [0.05, 0.1) is 5.54 Å². The SMILES string of the molecule is CCCC(C)(N)C(=O)NC1CCN(Cc2ccccc2)C1.Cl.Cl. The lowest BCUT2D eigenvalue weighted by Gasteiger charge is -2.25. The first-order chi connectivity index (χ1) is 10.0. The number of benzene rings is 1. The smallest absolute Gasteiger partial charge is 0.240 e. The maximum atomic E-state index is 12.2. The highest BCUT2D eigenvalue weighted by Gasteiger charge is 2.31. The number of rotatable bonds is 6. The number of amides is 1. The predicted molar refractivity (Wildman–Crippen MR) is 100 cm³/mol. The van der Waals surface area contributed by atoms with Crippen LogP contribution in [0.4, 0.5) is 0 Å². The number of hydrogen-bond acceptors (Lipinski definition) is 3. The first-order valence-corrected chi connectivity index (χ1v) is 7.87. The Morgan fingerprint density at radius 3 is 2.61 bits per heavy atom. The van der Waals surface area contributed by atoms with Crippen molar-refractivity contribution in [3.05, 3.63) is 35.9 Å². The molecule has 1 aliphatic heterocycles. The summed E-state index contributed by atoms with van der Waals surface area (Å²) in [6.45, 7) is 6.75. The van der Waals surface area contributed by atoms with Crippen molar-refractivity contribution in [3.8, 4) is 0 Å². The average molecular weight is 362 g/mol. The van der Waals surface area contributed by atoms with E-state index >= 15 is 0 Å². The number of carbonyl (C=O) groups excluding carboxylic acids is 1. The monoisotopic (exact) mass is 361 g/mol. The van der Waals surface area contributed by atoms with Crippen LogP contribution < -0.4 is 11.1 Å². The first-order valence-electron chi connectivity index (χ1n) is 7.87. The van der Waals surface area contributed by atoms with Crippen molar-refractivity contribution in [1.82, 2.24) is 10.2 Å². The second-order valence-electron chi connectivity index (χ2n) is 6.35. The molecule has 1 saturated heterocycles. The van der Waals surface area contributed by atoms with Gasteiger partial charge in [-0.1, -0.05) is 43.7 Å². The molecule has 1 amide bonds. The number of carbonyl (C=O) groups is 1. The molecule has 0 spiro atoms. The maximum absolute atomic E-state index is 12.2. The summed E-state index contributed by atoms with van der Waals surface area (Å²) in [6, 6.07) is 10.7. The van der Waals surface area contributed by atoms with E-state index in [0.717, 1.165) is 38.9 Å². The number of nitrogens with one attached hydrogen (secondary N) is 1. The molecule has 6 heteroatoms. The lowest BCUT2D eigenvalue weighted by Crippen LogP contribution is -2.54. The van der Waals surface area contributed by atoms with Gasteiger partial charge < -0.3 is 11.1 Å². The molecule has 0 aromatic heterocycles. The number of likely N-dealkylation sites (tertiary alicyclic amines) is 1. The van der Waals surface area contributed by atoms with Crippen LogP contribution in [0.2, 0.25) is 0 Å². The molecule has 0 bridgehead atoms. The molecular weight excluding hydrogens is 333 g/mol. The predicted octanol–water partition coefficient (Wildman–Crippen LogP) is 2.74. The molecule has 1 aliphatic rings. The van der Waals surface area contributed by atoms with E-state index in [9.17, 15) is 4.79 Å². The van der Waals surface area contributed by atoms with Crippen LogP contribution in [0.1, 0.15) is 38.7 Å². The zero-order valence-electron chi connectivity index (χ0n) is 14.0. The molecule has 0 radical (unpaired) electrons. The Labute approximate surface area is 152 Å². The zero-order valence-corrected chi connectivity index (χ0v) is 15.6. The van der Waals surface area contributed by atoms with Crippen molar-refractivity contribution >= 4 is 30.7 Å². The van der Waals surface area contributed by atoms with Crippen LogP contribution in [-0.4, -0.2) is 35.5 Å². The summed E-state index contributed by atoms with van der Waals surface area (Å²) in [6.07, 6.45) is 2.64. The lowest BCUT2D eigenvalue weighted by atomic mass is 9.96. The summed E-state index contributed by atoms with van der Waals surface area (Å²) in [5, 5.41) is 3.11. The van der Waals surface area contributed by atoms with Crippen molar-refractivity contribution in [1.29, 1.82) is 0 Å². The van der Waals surface area contributed by atoms with Gasteiger partial charge >= 0.3 is 0 Å². The summed E-state index contributed by atoms with van der Waals surface area (Å²) in [5.41, 5.74) is 6.65. The molecule has 2 atom stereocenters. The minimum absolute atomic E-state index is 0. The van der Waals surface area contributed by atoms with Crippen LogP contribution in [0.5, 0.6) is 0 Å². The second kappa shape index (κ2) is 10.1. The van der Waals surface area contributed by atoms with Crippen molar-refractivity contribution in [2.75, 3.05) is 13.1 Å². The van der Waals surface area contributed by atoms with Gasteiger partial charge in [0.25, 0.3) is 0 Å². The van der Waals surface area contributed by atoms with Gasteiger partial charge in [-0.2, -0.15) is 0 Å².